The fraction of sp³-hybridized carbons (Fsp3) is 0.273. The minimum atomic E-state index is -3.69. The van der Waals surface area contributed by atoms with Crippen LogP contribution in [0.3, 0.4) is 0 Å². The summed E-state index contributed by atoms with van der Waals surface area (Å²) in [5, 5.41) is 6.02. The van der Waals surface area contributed by atoms with Gasteiger partial charge in [0.2, 0.25) is 10.0 Å². The maximum atomic E-state index is 13.0. The third-order valence-corrected chi connectivity index (χ3v) is 8.22. The summed E-state index contributed by atoms with van der Waals surface area (Å²) in [4.78, 5) is 25.7. The highest BCUT2D eigenvalue weighted by Crippen LogP contribution is 2.29. The SMILES string of the molecule is Cc1ccc(S(=O)(=O)N2CCOCC2)cc1NC(=O)c1sc(NC(=O)c2ccco2)cc1C. The second kappa shape index (κ2) is 9.48. The lowest BCUT2D eigenvalue weighted by molar-refractivity contribution is 0.0730. The summed E-state index contributed by atoms with van der Waals surface area (Å²) < 4.78 is 37.7. The molecule has 3 heterocycles. The van der Waals surface area contributed by atoms with Crippen molar-refractivity contribution in [1.29, 1.82) is 0 Å². The van der Waals surface area contributed by atoms with Crippen LogP contribution in [0.25, 0.3) is 0 Å². The molecule has 0 atom stereocenters. The number of carbonyl (C=O) groups excluding carboxylic acids is 2. The van der Waals surface area contributed by atoms with E-state index in [0.717, 1.165) is 16.9 Å². The maximum absolute atomic E-state index is 13.0. The van der Waals surface area contributed by atoms with Crippen molar-refractivity contribution in [2.45, 2.75) is 18.7 Å². The van der Waals surface area contributed by atoms with Crippen molar-refractivity contribution in [3.8, 4) is 0 Å². The molecule has 1 fully saturated rings. The number of furan rings is 1. The summed E-state index contributed by atoms with van der Waals surface area (Å²) in [6.07, 6.45) is 1.41. The quantitative estimate of drug-likeness (QED) is 0.547. The third-order valence-electron chi connectivity index (χ3n) is 5.17. The molecule has 0 unspecified atom stereocenters. The van der Waals surface area contributed by atoms with Crippen molar-refractivity contribution >= 4 is 43.9 Å². The molecule has 9 nitrogen and oxygen atoms in total. The van der Waals surface area contributed by atoms with E-state index < -0.39 is 15.9 Å². The van der Waals surface area contributed by atoms with Crippen LogP contribution in [0.5, 0.6) is 0 Å². The second-order valence-electron chi connectivity index (χ2n) is 7.50. The van der Waals surface area contributed by atoms with Crippen LogP contribution in [-0.4, -0.2) is 50.8 Å². The van der Waals surface area contributed by atoms with Crippen LogP contribution in [0.15, 0.2) is 52.0 Å². The average Bonchev–Trinajstić information content (AvgIpc) is 3.46. The molecule has 0 saturated carbocycles. The van der Waals surface area contributed by atoms with Crippen LogP contribution in [0, 0.1) is 13.8 Å². The van der Waals surface area contributed by atoms with E-state index in [-0.39, 0.29) is 16.6 Å². The first kappa shape index (κ1) is 23.2. The zero-order valence-electron chi connectivity index (χ0n) is 18.1. The first-order valence-corrected chi connectivity index (χ1v) is 12.5. The Morgan fingerprint density at radius 3 is 2.45 bits per heavy atom. The van der Waals surface area contributed by atoms with Gasteiger partial charge in [-0.2, -0.15) is 4.31 Å². The zero-order valence-corrected chi connectivity index (χ0v) is 19.7. The molecule has 0 aliphatic carbocycles. The first-order chi connectivity index (χ1) is 15.8. The highest BCUT2D eigenvalue weighted by Gasteiger charge is 2.27. The van der Waals surface area contributed by atoms with Gasteiger partial charge in [0.25, 0.3) is 11.8 Å². The molecule has 3 aromatic rings. The monoisotopic (exact) mass is 489 g/mol. The molecular formula is C22H23N3O6S2. The molecule has 11 heteroatoms. The summed E-state index contributed by atoms with van der Waals surface area (Å²) >= 11 is 1.12. The summed E-state index contributed by atoms with van der Waals surface area (Å²) in [6.45, 7) is 4.84. The highest BCUT2D eigenvalue weighted by atomic mass is 32.2. The molecule has 2 N–H and O–H groups in total. The van der Waals surface area contributed by atoms with Crippen LogP contribution >= 0.6 is 11.3 Å². The number of benzene rings is 1. The molecule has 0 spiro atoms. The van der Waals surface area contributed by atoms with Crippen molar-refractivity contribution in [3.05, 3.63) is 64.4 Å². The number of carbonyl (C=O) groups is 2. The van der Waals surface area contributed by atoms with Crippen LogP contribution in [-0.2, 0) is 14.8 Å². The smallest absolute Gasteiger partial charge is 0.291 e. The van der Waals surface area contributed by atoms with Crippen LogP contribution in [0.1, 0.15) is 31.4 Å². The first-order valence-electron chi connectivity index (χ1n) is 10.2. The van der Waals surface area contributed by atoms with Crippen molar-refractivity contribution in [3.63, 3.8) is 0 Å². The number of hydrogen-bond acceptors (Lipinski definition) is 7. The summed E-state index contributed by atoms with van der Waals surface area (Å²) in [7, 11) is -3.69. The van der Waals surface area contributed by atoms with E-state index in [0.29, 0.717) is 47.4 Å². The van der Waals surface area contributed by atoms with E-state index in [2.05, 4.69) is 10.6 Å². The van der Waals surface area contributed by atoms with Gasteiger partial charge < -0.3 is 19.8 Å². The number of aryl methyl sites for hydroxylation is 2. The Balaban J connectivity index is 1.52. The summed E-state index contributed by atoms with van der Waals surface area (Å²) in [6, 6.07) is 9.54. The Labute approximate surface area is 195 Å². The Hall–Kier alpha value is -2.99. The lowest BCUT2D eigenvalue weighted by Gasteiger charge is -2.26. The normalized spacial score (nSPS) is 14.7. The van der Waals surface area contributed by atoms with Crippen LogP contribution in [0.4, 0.5) is 10.7 Å². The number of rotatable bonds is 6. The number of morpholine rings is 1. The predicted molar refractivity (Wildman–Crippen MR) is 124 cm³/mol. The maximum Gasteiger partial charge on any atom is 0.291 e. The molecule has 1 aliphatic rings. The number of thiophene rings is 1. The van der Waals surface area contributed by atoms with E-state index in [4.69, 9.17) is 9.15 Å². The second-order valence-corrected chi connectivity index (χ2v) is 10.5. The molecule has 1 saturated heterocycles. The van der Waals surface area contributed by atoms with Gasteiger partial charge in [-0.05, 0) is 55.3 Å². The van der Waals surface area contributed by atoms with Gasteiger partial charge in [0.15, 0.2) is 5.76 Å². The molecule has 4 rings (SSSR count). The Morgan fingerprint density at radius 1 is 1.00 bits per heavy atom. The minimum absolute atomic E-state index is 0.111. The van der Waals surface area contributed by atoms with Gasteiger partial charge in [0.05, 0.1) is 34.3 Å². The third kappa shape index (κ3) is 5.01. The lowest BCUT2D eigenvalue weighted by Crippen LogP contribution is -2.40. The van der Waals surface area contributed by atoms with Gasteiger partial charge >= 0.3 is 0 Å². The van der Waals surface area contributed by atoms with Crippen molar-refractivity contribution in [2.75, 3.05) is 36.9 Å². The fourth-order valence-corrected chi connectivity index (χ4v) is 5.76. The molecule has 174 valence electrons. The van der Waals surface area contributed by atoms with Crippen LogP contribution < -0.4 is 10.6 Å². The van der Waals surface area contributed by atoms with Gasteiger partial charge in [-0.3, -0.25) is 9.59 Å². The molecule has 1 aliphatic heterocycles. The molecule has 0 bridgehead atoms. The zero-order chi connectivity index (χ0) is 23.6. The molecule has 2 amide bonds. The van der Waals surface area contributed by atoms with E-state index >= 15 is 0 Å². The van der Waals surface area contributed by atoms with Gasteiger partial charge in [-0.15, -0.1) is 11.3 Å². The van der Waals surface area contributed by atoms with Gasteiger partial charge in [0, 0.05) is 18.8 Å². The topological polar surface area (TPSA) is 118 Å². The van der Waals surface area contributed by atoms with Gasteiger partial charge in [-0.25, -0.2) is 8.42 Å². The van der Waals surface area contributed by atoms with E-state index in [9.17, 15) is 18.0 Å². The Morgan fingerprint density at radius 2 is 1.76 bits per heavy atom. The Bertz CT molecular complexity index is 1280. The molecule has 0 radical (unpaired) electrons. The van der Waals surface area contributed by atoms with Crippen LogP contribution in [0.2, 0.25) is 0 Å². The van der Waals surface area contributed by atoms with Gasteiger partial charge in [-0.1, -0.05) is 6.07 Å². The number of hydrogen-bond donors (Lipinski definition) is 2. The molecule has 1 aromatic carbocycles. The minimum Gasteiger partial charge on any atom is -0.459 e. The predicted octanol–water partition coefficient (Wildman–Crippen LogP) is 3.48. The van der Waals surface area contributed by atoms with Crippen molar-refractivity contribution in [2.24, 2.45) is 0 Å². The number of nitrogens with one attached hydrogen (secondary N) is 2. The number of nitrogens with zero attached hydrogens (tertiary/aromatic N) is 1. The summed E-state index contributed by atoms with van der Waals surface area (Å²) in [5.41, 5.74) is 1.81. The lowest BCUT2D eigenvalue weighted by atomic mass is 10.2. The van der Waals surface area contributed by atoms with E-state index in [1.807, 2.05) is 0 Å². The number of anilines is 2. The number of sulfonamides is 1. The average molecular weight is 490 g/mol. The Kier molecular flexibility index (Phi) is 6.66. The molecule has 2 aromatic heterocycles. The largest absolute Gasteiger partial charge is 0.459 e. The highest BCUT2D eigenvalue weighted by molar-refractivity contribution is 7.89. The van der Waals surface area contributed by atoms with Gasteiger partial charge in [0.1, 0.15) is 0 Å². The van der Waals surface area contributed by atoms with E-state index in [1.165, 1.54) is 22.7 Å². The fourth-order valence-electron chi connectivity index (χ4n) is 3.36. The standard InChI is InChI=1S/C22H23N3O6S2/c1-14-5-6-16(33(28,29)25-7-10-30-11-8-25)13-17(14)23-22(27)20-15(2)12-19(32-20)24-21(26)18-4-3-9-31-18/h3-6,9,12-13H,7-8,10-11H2,1-2H3,(H,23,27)(H,24,26). The number of amides is 2. The molecular weight excluding hydrogens is 466 g/mol. The van der Waals surface area contributed by atoms with E-state index in [1.54, 1.807) is 38.1 Å². The van der Waals surface area contributed by atoms with Crippen molar-refractivity contribution in [1.82, 2.24) is 4.31 Å². The summed E-state index contributed by atoms with van der Waals surface area (Å²) in [5.74, 6) is -0.633. The van der Waals surface area contributed by atoms with Crippen molar-refractivity contribution < 1.29 is 27.2 Å². The number of ether oxygens (including phenoxy) is 1. The molecule has 33 heavy (non-hydrogen) atoms.